The number of hydrogen-bond donors (Lipinski definition) is 0. The number of benzene rings is 2. The van der Waals surface area contributed by atoms with Crippen LogP contribution in [0.2, 0.25) is 0 Å². The molecule has 2 aromatic carbocycles. The summed E-state index contributed by atoms with van der Waals surface area (Å²) in [5.41, 5.74) is 4.20. The van der Waals surface area contributed by atoms with Gasteiger partial charge in [0.1, 0.15) is 0 Å². The second kappa shape index (κ2) is 7.40. The van der Waals surface area contributed by atoms with Crippen molar-refractivity contribution in [1.29, 1.82) is 0 Å². The lowest BCUT2D eigenvalue weighted by molar-refractivity contribution is -0.130. The van der Waals surface area contributed by atoms with Gasteiger partial charge in [-0.1, -0.05) is 54.6 Å². The Morgan fingerprint density at radius 3 is 2.56 bits per heavy atom. The molecule has 25 heavy (non-hydrogen) atoms. The highest BCUT2D eigenvalue weighted by Gasteiger charge is 2.31. The molecule has 2 heterocycles. The fourth-order valence-corrected chi connectivity index (χ4v) is 4.15. The molecule has 1 atom stereocenters. The minimum atomic E-state index is 0.309. The minimum absolute atomic E-state index is 0.309. The number of rotatable bonds is 4. The maximum atomic E-state index is 12.6. The van der Waals surface area contributed by atoms with Crippen LogP contribution in [-0.4, -0.2) is 41.4 Å². The quantitative estimate of drug-likeness (QED) is 0.857. The van der Waals surface area contributed by atoms with Crippen LogP contribution in [0.1, 0.15) is 29.5 Å². The lowest BCUT2D eigenvalue weighted by atomic mass is 9.98. The van der Waals surface area contributed by atoms with Gasteiger partial charge >= 0.3 is 0 Å². The first kappa shape index (κ1) is 16.3. The van der Waals surface area contributed by atoms with Crippen molar-refractivity contribution in [3.05, 3.63) is 71.3 Å². The standard InChI is InChI=1S/C22H26N2O/c25-22(11-10-18-6-2-1-3-7-18)24-15-13-21(17-24)23-14-12-19-8-4-5-9-20(19)16-23/h1-9,21H,10-17H2. The van der Waals surface area contributed by atoms with Gasteiger partial charge in [0.25, 0.3) is 0 Å². The van der Waals surface area contributed by atoms with Crippen LogP contribution < -0.4 is 0 Å². The van der Waals surface area contributed by atoms with E-state index in [1.807, 2.05) is 18.2 Å². The van der Waals surface area contributed by atoms with Crippen LogP contribution in [0.5, 0.6) is 0 Å². The maximum Gasteiger partial charge on any atom is 0.222 e. The highest BCUT2D eigenvalue weighted by molar-refractivity contribution is 5.76. The molecule has 3 nitrogen and oxygen atoms in total. The summed E-state index contributed by atoms with van der Waals surface area (Å²) >= 11 is 0. The van der Waals surface area contributed by atoms with Crippen molar-refractivity contribution in [2.75, 3.05) is 19.6 Å². The first-order valence-corrected chi connectivity index (χ1v) is 9.42. The lowest BCUT2D eigenvalue weighted by Crippen LogP contribution is -2.41. The molecule has 0 radical (unpaired) electrons. The molecule has 1 unspecified atom stereocenters. The molecule has 1 saturated heterocycles. The van der Waals surface area contributed by atoms with E-state index >= 15 is 0 Å². The molecule has 1 amide bonds. The van der Waals surface area contributed by atoms with Crippen molar-refractivity contribution in [3.8, 4) is 0 Å². The largest absolute Gasteiger partial charge is 0.341 e. The Labute approximate surface area is 150 Å². The molecule has 2 aliphatic rings. The second-order valence-corrected chi connectivity index (χ2v) is 7.26. The Kier molecular flexibility index (Phi) is 4.84. The zero-order valence-electron chi connectivity index (χ0n) is 14.7. The normalized spacial score (nSPS) is 20.5. The molecule has 3 heteroatoms. The molecule has 130 valence electrons. The van der Waals surface area contributed by atoms with Crippen LogP contribution in [0.3, 0.4) is 0 Å². The molecule has 0 aromatic heterocycles. The van der Waals surface area contributed by atoms with Crippen LogP contribution >= 0.6 is 0 Å². The van der Waals surface area contributed by atoms with Gasteiger partial charge in [-0.3, -0.25) is 9.69 Å². The topological polar surface area (TPSA) is 23.6 Å². The summed E-state index contributed by atoms with van der Waals surface area (Å²) < 4.78 is 0. The summed E-state index contributed by atoms with van der Waals surface area (Å²) in [7, 11) is 0. The van der Waals surface area contributed by atoms with Crippen LogP contribution in [0.4, 0.5) is 0 Å². The van der Waals surface area contributed by atoms with E-state index < -0.39 is 0 Å². The van der Waals surface area contributed by atoms with Crippen LogP contribution in [0.25, 0.3) is 0 Å². The van der Waals surface area contributed by atoms with Gasteiger partial charge < -0.3 is 4.90 Å². The van der Waals surface area contributed by atoms with Crippen LogP contribution in [-0.2, 0) is 24.2 Å². The minimum Gasteiger partial charge on any atom is -0.341 e. The second-order valence-electron chi connectivity index (χ2n) is 7.26. The average molecular weight is 334 g/mol. The number of amides is 1. The third-order valence-corrected chi connectivity index (χ3v) is 5.66. The third kappa shape index (κ3) is 3.77. The maximum absolute atomic E-state index is 12.6. The van der Waals surface area contributed by atoms with E-state index in [2.05, 4.69) is 46.2 Å². The molecule has 0 spiro atoms. The fourth-order valence-electron chi connectivity index (χ4n) is 4.15. The molecule has 2 aliphatic heterocycles. The van der Waals surface area contributed by atoms with Crippen LogP contribution in [0, 0.1) is 0 Å². The fraction of sp³-hybridized carbons (Fsp3) is 0.409. The van der Waals surface area contributed by atoms with Crippen molar-refractivity contribution in [3.63, 3.8) is 0 Å². The highest BCUT2D eigenvalue weighted by atomic mass is 16.2. The summed E-state index contributed by atoms with van der Waals surface area (Å²) in [6.07, 6.45) is 3.71. The molecule has 2 aromatic rings. The van der Waals surface area contributed by atoms with Gasteiger partial charge in [-0.15, -0.1) is 0 Å². The Balaban J connectivity index is 1.30. The molecule has 0 saturated carbocycles. The lowest BCUT2D eigenvalue weighted by Gasteiger charge is -2.33. The monoisotopic (exact) mass is 334 g/mol. The molecule has 0 N–H and O–H groups in total. The predicted octanol–water partition coefficient (Wildman–Crippen LogP) is 3.28. The van der Waals surface area contributed by atoms with E-state index in [-0.39, 0.29) is 0 Å². The van der Waals surface area contributed by atoms with Crippen molar-refractivity contribution in [2.45, 2.75) is 38.3 Å². The Morgan fingerprint density at radius 2 is 1.72 bits per heavy atom. The van der Waals surface area contributed by atoms with Crippen molar-refractivity contribution < 1.29 is 4.79 Å². The zero-order chi connectivity index (χ0) is 17.1. The van der Waals surface area contributed by atoms with E-state index in [0.717, 1.165) is 45.4 Å². The zero-order valence-corrected chi connectivity index (χ0v) is 14.7. The number of hydrogen-bond acceptors (Lipinski definition) is 2. The van der Waals surface area contributed by atoms with Gasteiger partial charge in [0.15, 0.2) is 0 Å². The van der Waals surface area contributed by atoms with Crippen molar-refractivity contribution in [2.24, 2.45) is 0 Å². The molecule has 0 aliphatic carbocycles. The summed E-state index contributed by atoms with van der Waals surface area (Å²) in [6.45, 7) is 3.97. The molecule has 0 bridgehead atoms. The van der Waals surface area contributed by atoms with E-state index in [0.29, 0.717) is 18.4 Å². The van der Waals surface area contributed by atoms with Crippen molar-refractivity contribution in [1.82, 2.24) is 9.80 Å². The van der Waals surface area contributed by atoms with E-state index in [4.69, 9.17) is 0 Å². The number of nitrogens with zero attached hydrogens (tertiary/aromatic N) is 2. The van der Waals surface area contributed by atoms with Gasteiger partial charge in [-0.2, -0.15) is 0 Å². The van der Waals surface area contributed by atoms with E-state index in [1.54, 1.807) is 0 Å². The van der Waals surface area contributed by atoms with Crippen molar-refractivity contribution >= 4 is 5.91 Å². The molecular weight excluding hydrogens is 308 g/mol. The molecule has 1 fully saturated rings. The number of fused-ring (bicyclic) bond motifs is 1. The van der Waals surface area contributed by atoms with E-state index in [9.17, 15) is 4.79 Å². The third-order valence-electron chi connectivity index (χ3n) is 5.66. The summed E-state index contributed by atoms with van der Waals surface area (Å²) in [4.78, 5) is 17.2. The Bertz CT molecular complexity index is 728. The molecular formula is C22H26N2O. The first-order chi connectivity index (χ1) is 12.3. The SMILES string of the molecule is O=C(CCc1ccccc1)N1CCC(N2CCc3ccccc3C2)C1. The summed E-state index contributed by atoms with van der Waals surface area (Å²) in [6, 6.07) is 19.6. The highest BCUT2D eigenvalue weighted by Crippen LogP contribution is 2.24. The van der Waals surface area contributed by atoms with Gasteiger partial charge in [-0.05, 0) is 36.0 Å². The Morgan fingerprint density at radius 1 is 0.960 bits per heavy atom. The first-order valence-electron chi connectivity index (χ1n) is 9.42. The average Bonchev–Trinajstić information content (AvgIpc) is 3.17. The van der Waals surface area contributed by atoms with Gasteiger partial charge in [0.2, 0.25) is 5.91 Å². The summed E-state index contributed by atoms with van der Waals surface area (Å²) in [5, 5.41) is 0. The van der Waals surface area contributed by atoms with Gasteiger partial charge in [0.05, 0.1) is 0 Å². The number of carbonyl (C=O) groups is 1. The number of carbonyl (C=O) groups excluding carboxylic acids is 1. The van der Waals surface area contributed by atoms with Crippen LogP contribution in [0.15, 0.2) is 54.6 Å². The number of likely N-dealkylation sites (tertiary alicyclic amines) is 1. The molecule has 4 rings (SSSR count). The Hall–Kier alpha value is -2.13. The smallest absolute Gasteiger partial charge is 0.222 e. The summed E-state index contributed by atoms with van der Waals surface area (Å²) in [5.74, 6) is 0.309. The van der Waals surface area contributed by atoms with E-state index in [1.165, 1.54) is 16.7 Å². The number of aryl methyl sites for hydroxylation is 1. The van der Waals surface area contributed by atoms with Gasteiger partial charge in [-0.25, -0.2) is 0 Å². The predicted molar refractivity (Wildman–Crippen MR) is 100 cm³/mol. The van der Waals surface area contributed by atoms with Gasteiger partial charge in [0, 0.05) is 38.6 Å².